The van der Waals surface area contributed by atoms with E-state index in [0.717, 1.165) is 12.0 Å². The van der Waals surface area contributed by atoms with E-state index in [1.54, 1.807) is 0 Å². The molecule has 1 saturated heterocycles. The quantitative estimate of drug-likeness (QED) is 0.772. The van der Waals surface area contributed by atoms with Gasteiger partial charge in [-0.3, -0.25) is 0 Å². The summed E-state index contributed by atoms with van der Waals surface area (Å²) in [5, 5.41) is 3.66. The first-order chi connectivity index (χ1) is 7.53. The number of hydrogen-bond donors (Lipinski definition) is 1. The van der Waals surface area contributed by atoms with Crippen LogP contribution in [0.2, 0.25) is 0 Å². The van der Waals surface area contributed by atoms with Crippen LogP contribution >= 0.6 is 0 Å². The second-order valence-electron chi connectivity index (χ2n) is 6.95. The fraction of sp³-hybridized carbons (Fsp3) is 1.00. The zero-order chi connectivity index (χ0) is 11.6. The Bertz CT molecular complexity index is 215. The van der Waals surface area contributed by atoms with E-state index in [4.69, 9.17) is 0 Å². The minimum Gasteiger partial charge on any atom is -0.314 e. The van der Waals surface area contributed by atoms with Crippen LogP contribution in [0.25, 0.3) is 0 Å². The van der Waals surface area contributed by atoms with Gasteiger partial charge in [0.15, 0.2) is 0 Å². The van der Waals surface area contributed by atoms with Crippen molar-refractivity contribution in [2.24, 2.45) is 11.3 Å². The minimum absolute atomic E-state index is 0.490. The molecule has 1 unspecified atom stereocenters. The van der Waals surface area contributed by atoms with Crippen molar-refractivity contribution >= 4 is 0 Å². The van der Waals surface area contributed by atoms with E-state index < -0.39 is 0 Å². The molecule has 16 heavy (non-hydrogen) atoms. The highest BCUT2D eigenvalue weighted by molar-refractivity contribution is 4.84. The second-order valence-corrected chi connectivity index (χ2v) is 6.95. The molecule has 2 heteroatoms. The van der Waals surface area contributed by atoms with E-state index in [0.29, 0.717) is 5.41 Å². The lowest BCUT2D eigenvalue weighted by atomic mass is 9.92. The Labute approximate surface area is 101 Å². The average molecular weight is 224 g/mol. The van der Waals surface area contributed by atoms with E-state index >= 15 is 0 Å². The highest BCUT2D eigenvalue weighted by Gasteiger charge is 2.26. The van der Waals surface area contributed by atoms with E-state index in [1.165, 1.54) is 51.9 Å². The van der Waals surface area contributed by atoms with Gasteiger partial charge >= 0.3 is 0 Å². The third kappa shape index (κ3) is 4.42. The third-order valence-corrected chi connectivity index (χ3v) is 3.82. The minimum atomic E-state index is 0.490. The smallest absolute Gasteiger partial charge is 0.00683 e. The van der Waals surface area contributed by atoms with Gasteiger partial charge in [0.05, 0.1) is 0 Å². The number of hydrogen-bond acceptors (Lipinski definition) is 2. The van der Waals surface area contributed by atoms with Crippen molar-refractivity contribution in [1.29, 1.82) is 0 Å². The maximum absolute atomic E-state index is 3.66. The lowest BCUT2D eigenvalue weighted by Crippen LogP contribution is -2.29. The monoisotopic (exact) mass is 224 g/mol. The van der Waals surface area contributed by atoms with Gasteiger partial charge in [-0.25, -0.2) is 0 Å². The normalized spacial score (nSPS) is 27.6. The Balaban J connectivity index is 1.59. The molecule has 1 heterocycles. The highest BCUT2D eigenvalue weighted by atomic mass is 15.1. The van der Waals surface area contributed by atoms with Gasteiger partial charge in [-0.1, -0.05) is 20.8 Å². The molecule has 0 aromatic carbocycles. The van der Waals surface area contributed by atoms with Crippen LogP contribution in [0.5, 0.6) is 0 Å². The number of nitrogens with zero attached hydrogens (tertiary/aromatic N) is 1. The van der Waals surface area contributed by atoms with Crippen LogP contribution in [0.4, 0.5) is 0 Å². The fourth-order valence-corrected chi connectivity index (χ4v) is 2.40. The lowest BCUT2D eigenvalue weighted by Gasteiger charge is -2.23. The van der Waals surface area contributed by atoms with Gasteiger partial charge in [0.1, 0.15) is 0 Å². The van der Waals surface area contributed by atoms with Crippen molar-refractivity contribution in [2.75, 3.05) is 26.2 Å². The summed E-state index contributed by atoms with van der Waals surface area (Å²) < 4.78 is 0. The molecule has 0 aromatic heterocycles. The topological polar surface area (TPSA) is 15.3 Å². The van der Waals surface area contributed by atoms with Crippen molar-refractivity contribution in [3.63, 3.8) is 0 Å². The Kier molecular flexibility index (Phi) is 3.91. The molecule has 1 aliphatic heterocycles. The van der Waals surface area contributed by atoms with Crippen LogP contribution in [0.1, 0.15) is 46.5 Å². The summed E-state index contributed by atoms with van der Waals surface area (Å²) in [6, 6.07) is 0.878. The number of likely N-dealkylation sites (tertiary alicyclic amines) is 1. The zero-order valence-electron chi connectivity index (χ0n) is 11.3. The van der Waals surface area contributed by atoms with Crippen LogP contribution < -0.4 is 5.32 Å². The second kappa shape index (κ2) is 5.05. The van der Waals surface area contributed by atoms with Crippen molar-refractivity contribution in [2.45, 2.75) is 52.5 Å². The van der Waals surface area contributed by atoms with Crippen LogP contribution in [0.3, 0.4) is 0 Å². The SMILES string of the molecule is CC(C)(C)CCN1CCC(CNC2CC2)C1. The van der Waals surface area contributed by atoms with Crippen molar-refractivity contribution in [3.05, 3.63) is 0 Å². The fourth-order valence-electron chi connectivity index (χ4n) is 2.40. The average Bonchev–Trinajstić information content (AvgIpc) is 2.91. The molecule has 1 saturated carbocycles. The summed E-state index contributed by atoms with van der Waals surface area (Å²) in [4.78, 5) is 2.66. The van der Waals surface area contributed by atoms with Gasteiger partial charge in [0.25, 0.3) is 0 Å². The lowest BCUT2D eigenvalue weighted by molar-refractivity contribution is 0.257. The maximum Gasteiger partial charge on any atom is 0.00683 e. The molecule has 1 aliphatic carbocycles. The Morgan fingerprint density at radius 1 is 1.19 bits per heavy atom. The largest absolute Gasteiger partial charge is 0.314 e. The summed E-state index contributed by atoms with van der Waals surface area (Å²) in [5.41, 5.74) is 0.490. The molecule has 1 N–H and O–H groups in total. The van der Waals surface area contributed by atoms with Crippen LogP contribution in [-0.4, -0.2) is 37.1 Å². The molecule has 94 valence electrons. The predicted molar refractivity (Wildman–Crippen MR) is 69.6 cm³/mol. The van der Waals surface area contributed by atoms with Crippen LogP contribution in [0, 0.1) is 11.3 Å². The third-order valence-electron chi connectivity index (χ3n) is 3.82. The van der Waals surface area contributed by atoms with E-state index in [9.17, 15) is 0 Å². The Morgan fingerprint density at radius 3 is 2.56 bits per heavy atom. The summed E-state index contributed by atoms with van der Waals surface area (Å²) in [5.74, 6) is 0.917. The van der Waals surface area contributed by atoms with Crippen molar-refractivity contribution < 1.29 is 0 Å². The van der Waals surface area contributed by atoms with E-state index in [-0.39, 0.29) is 0 Å². The highest BCUT2D eigenvalue weighted by Crippen LogP contribution is 2.23. The molecular weight excluding hydrogens is 196 g/mol. The summed E-state index contributed by atoms with van der Waals surface area (Å²) in [7, 11) is 0. The van der Waals surface area contributed by atoms with Gasteiger partial charge in [0, 0.05) is 12.6 Å². The molecule has 0 bridgehead atoms. The van der Waals surface area contributed by atoms with E-state index in [2.05, 4.69) is 31.0 Å². The van der Waals surface area contributed by atoms with Crippen molar-refractivity contribution in [3.8, 4) is 0 Å². The van der Waals surface area contributed by atoms with Gasteiger partial charge < -0.3 is 10.2 Å². The molecular formula is C14H28N2. The predicted octanol–water partition coefficient (Wildman–Crippen LogP) is 2.50. The molecule has 2 fully saturated rings. The summed E-state index contributed by atoms with van der Waals surface area (Å²) >= 11 is 0. The summed E-state index contributed by atoms with van der Waals surface area (Å²) in [6.07, 6.45) is 5.57. The molecule has 2 rings (SSSR count). The van der Waals surface area contributed by atoms with Gasteiger partial charge in [-0.05, 0) is 56.7 Å². The number of nitrogens with one attached hydrogen (secondary N) is 1. The zero-order valence-corrected chi connectivity index (χ0v) is 11.3. The molecule has 2 aliphatic rings. The van der Waals surface area contributed by atoms with Crippen LogP contribution in [0.15, 0.2) is 0 Å². The van der Waals surface area contributed by atoms with Gasteiger partial charge in [-0.2, -0.15) is 0 Å². The van der Waals surface area contributed by atoms with E-state index in [1.807, 2.05) is 0 Å². The first-order valence-corrected chi connectivity index (χ1v) is 6.99. The molecule has 2 nitrogen and oxygen atoms in total. The maximum atomic E-state index is 3.66. The van der Waals surface area contributed by atoms with Gasteiger partial charge in [0.2, 0.25) is 0 Å². The first kappa shape index (κ1) is 12.4. The molecule has 0 spiro atoms. The Morgan fingerprint density at radius 2 is 1.94 bits per heavy atom. The first-order valence-electron chi connectivity index (χ1n) is 6.99. The molecule has 1 atom stereocenters. The molecule has 0 radical (unpaired) electrons. The molecule has 0 amide bonds. The molecule has 0 aromatic rings. The number of rotatable bonds is 5. The van der Waals surface area contributed by atoms with Crippen LogP contribution in [-0.2, 0) is 0 Å². The van der Waals surface area contributed by atoms with Gasteiger partial charge in [-0.15, -0.1) is 0 Å². The standard InChI is InChI=1S/C14H28N2/c1-14(2,3)7-9-16-8-6-12(11-16)10-15-13-4-5-13/h12-13,15H,4-11H2,1-3H3. The van der Waals surface area contributed by atoms with Crippen molar-refractivity contribution in [1.82, 2.24) is 10.2 Å². The summed E-state index contributed by atoms with van der Waals surface area (Å²) in [6.45, 7) is 12.2. The Hall–Kier alpha value is -0.0800.